The van der Waals surface area contributed by atoms with Crippen LogP contribution >= 0.6 is 0 Å². The van der Waals surface area contributed by atoms with Gasteiger partial charge in [-0.3, -0.25) is 0 Å². The minimum atomic E-state index is 1.08. The molecule has 0 saturated heterocycles. The zero-order valence-corrected chi connectivity index (χ0v) is 32.6. The summed E-state index contributed by atoms with van der Waals surface area (Å²) in [6.07, 6.45) is 0. The summed E-state index contributed by atoms with van der Waals surface area (Å²) in [5.74, 6) is 0. The van der Waals surface area contributed by atoms with Crippen molar-refractivity contribution in [2.75, 3.05) is 4.90 Å². The molecule has 0 heterocycles. The molecule has 0 saturated carbocycles. The van der Waals surface area contributed by atoms with E-state index in [9.17, 15) is 0 Å². The van der Waals surface area contributed by atoms with E-state index in [1.165, 1.54) is 77.5 Å². The van der Waals surface area contributed by atoms with Gasteiger partial charge in [-0.25, -0.2) is 0 Å². The molecule has 278 valence electrons. The first kappa shape index (κ1) is 35.7. The standard InChI is InChI=1S/C58H41N/c1-4-16-42(17-5-1)50-39-51(43-18-6-2-7-19-43)41-54(40-50)59(52-34-30-45(31-35-52)49-29-28-44-20-10-11-23-48(44)38-49)53-36-32-47(33-37-53)56-25-13-15-27-58(56)57-26-14-12-24-55(57)46-21-8-3-9-22-46/h1-41H. The second kappa shape index (κ2) is 16.0. The van der Waals surface area contributed by atoms with Crippen LogP contribution in [0.3, 0.4) is 0 Å². The van der Waals surface area contributed by atoms with Crippen molar-refractivity contribution < 1.29 is 0 Å². The van der Waals surface area contributed by atoms with Crippen LogP contribution in [0, 0.1) is 0 Å². The first-order chi connectivity index (χ1) is 29.2. The van der Waals surface area contributed by atoms with E-state index >= 15 is 0 Å². The maximum atomic E-state index is 2.39. The molecule has 0 atom stereocenters. The summed E-state index contributed by atoms with van der Waals surface area (Å²) in [5.41, 5.74) is 17.6. The van der Waals surface area contributed by atoms with Crippen LogP contribution in [0.1, 0.15) is 0 Å². The van der Waals surface area contributed by atoms with Gasteiger partial charge < -0.3 is 4.90 Å². The van der Waals surface area contributed by atoms with Gasteiger partial charge in [-0.15, -0.1) is 0 Å². The Morgan fingerprint density at radius 2 is 0.559 bits per heavy atom. The minimum Gasteiger partial charge on any atom is -0.310 e. The second-order valence-electron chi connectivity index (χ2n) is 14.9. The van der Waals surface area contributed by atoms with Crippen molar-refractivity contribution in [2.24, 2.45) is 0 Å². The first-order valence-electron chi connectivity index (χ1n) is 20.2. The lowest BCUT2D eigenvalue weighted by atomic mass is 9.89. The summed E-state index contributed by atoms with van der Waals surface area (Å²) in [7, 11) is 0. The fraction of sp³-hybridized carbons (Fsp3) is 0. The van der Waals surface area contributed by atoms with Gasteiger partial charge in [0.1, 0.15) is 0 Å². The van der Waals surface area contributed by atoms with Crippen molar-refractivity contribution in [1.82, 2.24) is 0 Å². The van der Waals surface area contributed by atoms with Gasteiger partial charge in [0.15, 0.2) is 0 Å². The first-order valence-corrected chi connectivity index (χ1v) is 20.2. The Kier molecular flexibility index (Phi) is 9.68. The van der Waals surface area contributed by atoms with Gasteiger partial charge in [-0.2, -0.15) is 0 Å². The molecule has 1 nitrogen and oxygen atoms in total. The summed E-state index contributed by atoms with van der Waals surface area (Å²) in [5, 5.41) is 2.49. The number of fused-ring (bicyclic) bond motifs is 1. The topological polar surface area (TPSA) is 3.24 Å². The number of hydrogen-bond acceptors (Lipinski definition) is 1. The summed E-state index contributed by atoms with van der Waals surface area (Å²) in [4.78, 5) is 2.39. The highest BCUT2D eigenvalue weighted by atomic mass is 15.1. The van der Waals surface area contributed by atoms with Crippen LogP contribution in [0.15, 0.2) is 249 Å². The van der Waals surface area contributed by atoms with E-state index in [2.05, 4.69) is 254 Å². The highest BCUT2D eigenvalue weighted by Crippen LogP contribution is 2.43. The Hall–Kier alpha value is -7.74. The highest BCUT2D eigenvalue weighted by molar-refractivity contribution is 5.93. The van der Waals surface area contributed by atoms with Crippen LogP contribution in [0.4, 0.5) is 17.1 Å². The zero-order valence-electron chi connectivity index (χ0n) is 32.6. The lowest BCUT2D eigenvalue weighted by molar-refractivity contribution is 1.28. The molecule has 0 radical (unpaired) electrons. The molecule has 0 fully saturated rings. The van der Waals surface area contributed by atoms with E-state index in [1.807, 2.05) is 0 Å². The predicted octanol–water partition coefficient (Wildman–Crippen LogP) is 16.3. The Morgan fingerprint density at radius 3 is 1.08 bits per heavy atom. The van der Waals surface area contributed by atoms with E-state index in [0.717, 1.165) is 17.1 Å². The zero-order chi connectivity index (χ0) is 39.4. The lowest BCUT2D eigenvalue weighted by Gasteiger charge is -2.27. The molecule has 0 amide bonds. The van der Waals surface area contributed by atoms with Crippen molar-refractivity contribution >= 4 is 27.8 Å². The normalized spacial score (nSPS) is 11.1. The monoisotopic (exact) mass is 751 g/mol. The molecular formula is C58H41N. The van der Waals surface area contributed by atoms with Crippen molar-refractivity contribution in [2.45, 2.75) is 0 Å². The fourth-order valence-corrected chi connectivity index (χ4v) is 8.30. The van der Waals surface area contributed by atoms with E-state index in [4.69, 9.17) is 0 Å². The van der Waals surface area contributed by atoms with Gasteiger partial charge in [-0.05, 0) is 126 Å². The number of rotatable bonds is 9. The summed E-state index contributed by atoms with van der Waals surface area (Å²) >= 11 is 0. The smallest absolute Gasteiger partial charge is 0.0473 e. The SMILES string of the molecule is c1ccc(-c2cc(-c3ccccc3)cc(N(c3ccc(-c4ccc5ccccc5c4)cc3)c3ccc(-c4ccccc4-c4ccccc4-c4ccccc4)cc3)c2)cc1. The average Bonchev–Trinajstić information content (AvgIpc) is 3.33. The van der Waals surface area contributed by atoms with Crippen molar-refractivity contribution in [3.05, 3.63) is 249 Å². The Balaban J connectivity index is 1.10. The molecule has 10 aromatic carbocycles. The maximum absolute atomic E-state index is 2.39. The van der Waals surface area contributed by atoms with Crippen molar-refractivity contribution in [1.29, 1.82) is 0 Å². The number of nitrogens with zero attached hydrogens (tertiary/aromatic N) is 1. The number of anilines is 3. The summed E-state index contributed by atoms with van der Waals surface area (Å²) < 4.78 is 0. The Morgan fingerprint density at radius 1 is 0.186 bits per heavy atom. The second-order valence-corrected chi connectivity index (χ2v) is 14.9. The van der Waals surface area contributed by atoms with Crippen LogP contribution < -0.4 is 4.90 Å². The molecule has 0 aliphatic carbocycles. The molecule has 10 aromatic rings. The van der Waals surface area contributed by atoms with Gasteiger partial charge >= 0.3 is 0 Å². The van der Waals surface area contributed by atoms with E-state index in [0.29, 0.717) is 0 Å². The fourth-order valence-electron chi connectivity index (χ4n) is 8.30. The molecule has 0 unspecified atom stereocenters. The third-order valence-electron chi connectivity index (χ3n) is 11.3. The van der Waals surface area contributed by atoms with Crippen LogP contribution in [0.5, 0.6) is 0 Å². The molecule has 0 aromatic heterocycles. The van der Waals surface area contributed by atoms with Gasteiger partial charge in [0, 0.05) is 17.1 Å². The molecular weight excluding hydrogens is 711 g/mol. The van der Waals surface area contributed by atoms with Gasteiger partial charge in [0.05, 0.1) is 0 Å². The molecule has 0 spiro atoms. The summed E-state index contributed by atoms with van der Waals surface area (Å²) in [6.45, 7) is 0. The van der Waals surface area contributed by atoms with E-state index in [1.54, 1.807) is 0 Å². The van der Waals surface area contributed by atoms with Gasteiger partial charge in [-0.1, -0.05) is 200 Å². The third-order valence-corrected chi connectivity index (χ3v) is 11.3. The van der Waals surface area contributed by atoms with E-state index in [-0.39, 0.29) is 0 Å². The molecule has 59 heavy (non-hydrogen) atoms. The number of benzene rings is 10. The molecule has 0 N–H and O–H groups in total. The molecule has 10 rings (SSSR count). The largest absolute Gasteiger partial charge is 0.310 e. The van der Waals surface area contributed by atoms with Crippen molar-refractivity contribution in [3.8, 4) is 66.8 Å². The maximum Gasteiger partial charge on any atom is 0.0473 e. The van der Waals surface area contributed by atoms with Crippen molar-refractivity contribution in [3.63, 3.8) is 0 Å². The Labute approximate surface area is 346 Å². The minimum absolute atomic E-state index is 1.08. The quantitative estimate of drug-likeness (QED) is 0.142. The molecule has 0 aliphatic heterocycles. The van der Waals surface area contributed by atoms with E-state index < -0.39 is 0 Å². The molecule has 1 heteroatoms. The number of hydrogen-bond donors (Lipinski definition) is 0. The predicted molar refractivity (Wildman–Crippen MR) is 251 cm³/mol. The lowest BCUT2D eigenvalue weighted by Crippen LogP contribution is -2.10. The average molecular weight is 752 g/mol. The van der Waals surface area contributed by atoms with Crippen LogP contribution in [0.25, 0.3) is 77.5 Å². The van der Waals surface area contributed by atoms with Crippen LogP contribution in [-0.4, -0.2) is 0 Å². The molecule has 0 bridgehead atoms. The third kappa shape index (κ3) is 7.34. The summed E-state index contributed by atoms with van der Waals surface area (Å²) in [6, 6.07) is 89.9. The highest BCUT2D eigenvalue weighted by Gasteiger charge is 2.18. The van der Waals surface area contributed by atoms with Gasteiger partial charge in [0.25, 0.3) is 0 Å². The van der Waals surface area contributed by atoms with Crippen LogP contribution in [0.2, 0.25) is 0 Å². The molecule has 0 aliphatic rings. The Bertz CT molecular complexity index is 2950. The van der Waals surface area contributed by atoms with Crippen LogP contribution in [-0.2, 0) is 0 Å². The van der Waals surface area contributed by atoms with Gasteiger partial charge in [0.2, 0.25) is 0 Å².